The molecule has 0 aliphatic rings. The Kier molecular flexibility index (Phi) is 3.35. The van der Waals surface area contributed by atoms with Gasteiger partial charge in [0.05, 0.1) is 6.26 Å². The van der Waals surface area contributed by atoms with Crippen LogP contribution in [0.1, 0.15) is 31.6 Å². The normalized spacial score (nSPS) is 13.2. The predicted octanol–water partition coefficient (Wildman–Crippen LogP) is 2.48. The van der Waals surface area contributed by atoms with Crippen molar-refractivity contribution in [2.45, 2.75) is 39.8 Å². The smallest absolute Gasteiger partial charge is 0.101 e. The summed E-state index contributed by atoms with van der Waals surface area (Å²) in [5.41, 5.74) is 1.23. The van der Waals surface area contributed by atoms with E-state index in [1.165, 1.54) is 5.56 Å². The van der Waals surface area contributed by atoms with E-state index < -0.39 is 0 Å². The van der Waals surface area contributed by atoms with E-state index in [4.69, 9.17) is 4.42 Å². The van der Waals surface area contributed by atoms with Crippen LogP contribution in [0.4, 0.5) is 0 Å². The number of hydrogen-bond acceptors (Lipinski definition) is 2. The van der Waals surface area contributed by atoms with Crippen molar-refractivity contribution in [3.8, 4) is 0 Å². The molecule has 0 aliphatic heterocycles. The molecular formula is C10H17NO. The van der Waals surface area contributed by atoms with Crippen LogP contribution >= 0.6 is 0 Å². The maximum absolute atomic E-state index is 5.19. The molecule has 2 nitrogen and oxygen atoms in total. The average Bonchev–Trinajstić information content (AvgIpc) is 2.47. The largest absolute Gasteiger partial charge is 0.469 e. The van der Waals surface area contributed by atoms with Crippen LogP contribution in [0.5, 0.6) is 0 Å². The third-order valence-corrected chi connectivity index (χ3v) is 2.05. The molecule has 0 saturated carbocycles. The van der Waals surface area contributed by atoms with Crippen molar-refractivity contribution in [1.29, 1.82) is 0 Å². The third-order valence-electron chi connectivity index (χ3n) is 2.05. The summed E-state index contributed by atoms with van der Waals surface area (Å²) >= 11 is 0. The standard InChI is InChI=1S/C10H17NO/c1-4-8(2)11-6-10-5-9(3)12-7-10/h5,7-8,11H,4,6H2,1-3H3. The van der Waals surface area contributed by atoms with Gasteiger partial charge < -0.3 is 9.73 Å². The number of furan rings is 1. The lowest BCUT2D eigenvalue weighted by molar-refractivity contribution is 0.515. The van der Waals surface area contributed by atoms with Gasteiger partial charge in [-0.25, -0.2) is 0 Å². The Bertz CT molecular complexity index is 229. The van der Waals surface area contributed by atoms with E-state index in [0.717, 1.165) is 18.7 Å². The second-order valence-corrected chi connectivity index (χ2v) is 3.26. The lowest BCUT2D eigenvalue weighted by Gasteiger charge is -2.08. The van der Waals surface area contributed by atoms with Gasteiger partial charge in [0, 0.05) is 18.2 Å². The summed E-state index contributed by atoms with van der Waals surface area (Å²) < 4.78 is 5.19. The molecule has 1 atom stereocenters. The fourth-order valence-corrected chi connectivity index (χ4v) is 1.03. The van der Waals surface area contributed by atoms with Crippen LogP contribution in [-0.4, -0.2) is 6.04 Å². The molecule has 0 bridgehead atoms. The monoisotopic (exact) mass is 167 g/mol. The van der Waals surface area contributed by atoms with E-state index in [9.17, 15) is 0 Å². The molecule has 0 aromatic carbocycles. The van der Waals surface area contributed by atoms with Gasteiger partial charge in [-0.05, 0) is 26.3 Å². The first-order valence-electron chi connectivity index (χ1n) is 4.49. The van der Waals surface area contributed by atoms with E-state index in [2.05, 4.69) is 25.2 Å². The Morgan fingerprint density at radius 2 is 2.33 bits per heavy atom. The molecule has 1 unspecified atom stereocenters. The molecule has 0 saturated heterocycles. The van der Waals surface area contributed by atoms with Crippen molar-refractivity contribution in [1.82, 2.24) is 5.32 Å². The maximum atomic E-state index is 5.19. The van der Waals surface area contributed by atoms with Gasteiger partial charge in [-0.1, -0.05) is 6.92 Å². The number of aryl methyl sites for hydroxylation is 1. The Morgan fingerprint density at radius 1 is 1.58 bits per heavy atom. The fraction of sp³-hybridized carbons (Fsp3) is 0.600. The van der Waals surface area contributed by atoms with Crippen molar-refractivity contribution < 1.29 is 4.42 Å². The molecule has 1 aromatic rings. The van der Waals surface area contributed by atoms with Crippen molar-refractivity contribution in [3.63, 3.8) is 0 Å². The SMILES string of the molecule is CCC(C)NCc1coc(C)c1. The van der Waals surface area contributed by atoms with Gasteiger partial charge in [-0.15, -0.1) is 0 Å². The minimum atomic E-state index is 0.584. The molecule has 0 radical (unpaired) electrons. The molecule has 1 heterocycles. The molecule has 0 aliphatic carbocycles. The summed E-state index contributed by atoms with van der Waals surface area (Å²) in [5.74, 6) is 0.982. The average molecular weight is 167 g/mol. The van der Waals surface area contributed by atoms with Gasteiger partial charge >= 0.3 is 0 Å². The summed E-state index contributed by atoms with van der Waals surface area (Å²) in [6.07, 6.45) is 2.97. The van der Waals surface area contributed by atoms with Crippen LogP contribution in [0, 0.1) is 6.92 Å². The van der Waals surface area contributed by atoms with Crippen LogP contribution in [0.25, 0.3) is 0 Å². The highest BCUT2D eigenvalue weighted by Crippen LogP contribution is 2.05. The molecule has 1 N–H and O–H groups in total. The van der Waals surface area contributed by atoms with E-state index >= 15 is 0 Å². The first-order chi connectivity index (χ1) is 5.72. The van der Waals surface area contributed by atoms with Crippen molar-refractivity contribution in [2.24, 2.45) is 0 Å². The van der Waals surface area contributed by atoms with E-state index in [0.29, 0.717) is 6.04 Å². The number of hydrogen-bond donors (Lipinski definition) is 1. The van der Waals surface area contributed by atoms with Gasteiger partial charge in [0.2, 0.25) is 0 Å². The van der Waals surface area contributed by atoms with Gasteiger partial charge in [-0.3, -0.25) is 0 Å². The summed E-state index contributed by atoms with van der Waals surface area (Å²) in [7, 11) is 0. The molecule has 1 rings (SSSR count). The van der Waals surface area contributed by atoms with Crippen LogP contribution in [-0.2, 0) is 6.54 Å². The minimum absolute atomic E-state index is 0.584. The lowest BCUT2D eigenvalue weighted by atomic mass is 10.2. The Hall–Kier alpha value is -0.760. The molecular weight excluding hydrogens is 150 g/mol. The fourth-order valence-electron chi connectivity index (χ4n) is 1.03. The second-order valence-electron chi connectivity index (χ2n) is 3.26. The van der Waals surface area contributed by atoms with E-state index in [1.807, 2.05) is 13.2 Å². The van der Waals surface area contributed by atoms with E-state index in [-0.39, 0.29) is 0 Å². The molecule has 2 heteroatoms. The van der Waals surface area contributed by atoms with Gasteiger partial charge in [-0.2, -0.15) is 0 Å². The topological polar surface area (TPSA) is 25.2 Å². The second kappa shape index (κ2) is 4.31. The van der Waals surface area contributed by atoms with Crippen molar-refractivity contribution >= 4 is 0 Å². The first kappa shape index (κ1) is 9.33. The van der Waals surface area contributed by atoms with Crippen molar-refractivity contribution in [3.05, 3.63) is 23.7 Å². The summed E-state index contributed by atoms with van der Waals surface area (Å²) in [6.45, 7) is 7.24. The molecule has 0 spiro atoms. The zero-order valence-electron chi connectivity index (χ0n) is 8.05. The zero-order valence-corrected chi connectivity index (χ0v) is 8.05. The molecule has 68 valence electrons. The summed E-state index contributed by atoms with van der Waals surface area (Å²) in [6, 6.07) is 2.65. The highest BCUT2D eigenvalue weighted by Gasteiger charge is 1.99. The summed E-state index contributed by atoms with van der Waals surface area (Å²) in [5, 5.41) is 3.40. The zero-order chi connectivity index (χ0) is 8.97. The molecule has 1 aromatic heterocycles. The van der Waals surface area contributed by atoms with Gasteiger partial charge in [0.1, 0.15) is 5.76 Å². The molecule has 0 amide bonds. The lowest BCUT2D eigenvalue weighted by Crippen LogP contribution is -2.24. The first-order valence-corrected chi connectivity index (χ1v) is 4.49. The van der Waals surface area contributed by atoms with E-state index in [1.54, 1.807) is 0 Å². The Labute approximate surface area is 74.0 Å². The molecule has 0 fully saturated rings. The minimum Gasteiger partial charge on any atom is -0.469 e. The number of rotatable bonds is 4. The van der Waals surface area contributed by atoms with Crippen LogP contribution in [0.3, 0.4) is 0 Å². The predicted molar refractivity (Wildman–Crippen MR) is 50.0 cm³/mol. The van der Waals surface area contributed by atoms with Gasteiger partial charge in [0.15, 0.2) is 0 Å². The van der Waals surface area contributed by atoms with Crippen molar-refractivity contribution in [2.75, 3.05) is 0 Å². The third kappa shape index (κ3) is 2.70. The van der Waals surface area contributed by atoms with Crippen LogP contribution < -0.4 is 5.32 Å². The molecule has 12 heavy (non-hydrogen) atoms. The maximum Gasteiger partial charge on any atom is 0.101 e. The summed E-state index contributed by atoms with van der Waals surface area (Å²) in [4.78, 5) is 0. The van der Waals surface area contributed by atoms with Crippen LogP contribution in [0.2, 0.25) is 0 Å². The quantitative estimate of drug-likeness (QED) is 0.745. The number of nitrogens with one attached hydrogen (secondary N) is 1. The van der Waals surface area contributed by atoms with Gasteiger partial charge in [0.25, 0.3) is 0 Å². The Morgan fingerprint density at radius 3 is 2.83 bits per heavy atom. The highest BCUT2D eigenvalue weighted by atomic mass is 16.3. The van der Waals surface area contributed by atoms with Crippen LogP contribution in [0.15, 0.2) is 16.7 Å². The highest BCUT2D eigenvalue weighted by molar-refractivity contribution is 5.11. The Balaban J connectivity index is 2.33.